The number of carbonyl (C=O) groups is 2. The van der Waals surface area contributed by atoms with Crippen LogP contribution in [0.15, 0.2) is 24.3 Å². The van der Waals surface area contributed by atoms with Crippen LogP contribution in [0.2, 0.25) is 0 Å². The van der Waals surface area contributed by atoms with Crippen molar-refractivity contribution in [1.29, 1.82) is 0 Å². The van der Waals surface area contributed by atoms with Crippen LogP contribution in [0.1, 0.15) is 27.9 Å². The van der Waals surface area contributed by atoms with Crippen LogP contribution in [0.25, 0.3) is 6.08 Å². The van der Waals surface area contributed by atoms with Crippen LogP contribution in [-0.4, -0.2) is 35.0 Å². The first-order valence-corrected chi connectivity index (χ1v) is 8.09. The van der Waals surface area contributed by atoms with Crippen LogP contribution in [-0.2, 0) is 4.79 Å². The molecule has 2 rings (SSSR count). The highest BCUT2D eigenvalue weighted by Gasteiger charge is 2.16. The van der Waals surface area contributed by atoms with Crippen molar-refractivity contribution in [3.05, 3.63) is 41.0 Å². The summed E-state index contributed by atoms with van der Waals surface area (Å²) in [5, 5.41) is 11.6. The van der Waals surface area contributed by atoms with Gasteiger partial charge in [-0.3, -0.25) is 4.79 Å². The van der Waals surface area contributed by atoms with Gasteiger partial charge in [0.2, 0.25) is 0 Å². The Kier molecular flexibility index (Phi) is 5.44. The molecule has 0 bridgehead atoms. The van der Waals surface area contributed by atoms with Crippen molar-refractivity contribution in [3.63, 3.8) is 0 Å². The number of hydrogen-bond acceptors (Lipinski definition) is 3. The van der Waals surface area contributed by atoms with Crippen LogP contribution in [0, 0.1) is 12.8 Å². The number of amides is 1. The van der Waals surface area contributed by atoms with Crippen molar-refractivity contribution in [1.82, 2.24) is 5.32 Å². The smallest absolute Gasteiger partial charge is 0.328 e. The zero-order chi connectivity index (χ0) is 15.2. The second-order valence-electron chi connectivity index (χ2n) is 5.18. The van der Waals surface area contributed by atoms with Gasteiger partial charge in [-0.25, -0.2) is 4.79 Å². The van der Waals surface area contributed by atoms with Crippen molar-refractivity contribution in [2.45, 2.75) is 13.3 Å². The molecule has 1 fully saturated rings. The van der Waals surface area contributed by atoms with Gasteiger partial charge >= 0.3 is 5.97 Å². The Labute approximate surface area is 128 Å². The minimum atomic E-state index is -0.981. The van der Waals surface area contributed by atoms with Crippen LogP contribution in [0.3, 0.4) is 0 Å². The van der Waals surface area contributed by atoms with Crippen molar-refractivity contribution in [3.8, 4) is 0 Å². The largest absolute Gasteiger partial charge is 0.478 e. The van der Waals surface area contributed by atoms with E-state index in [1.807, 2.05) is 18.7 Å². The fraction of sp³-hybridized carbons (Fsp3) is 0.375. The maximum atomic E-state index is 12.1. The minimum absolute atomic E-state index is 0.0660. The maximum absolute atomic E-state index is 12.1. The van der Waals surface area contributed by atoms with E-state index in [1.54, 1.807) is 18.2 Å². The van der Waals surface area contributed by atoms with Gasteiger partial charge in [-0.2, -0.15) is 11.8 Å². The molecule has 1 unspecified atom stereocenters. The zero-order valence-corrected chi connectivity index (χ0v) is 12.8. The van der Waals surface area contributed by atoms with Crippen molar-refractivity contribution >= 4 is 29.7 Å². The molecule has 0 radical (unpaired) electrons. The second kappa shape index (κ2) is 7.31. The summed E-state index contributed by atoms with van der Waals surface area (Å²) in [7, 11) is 0. The number of benzene rings is 1. The first kappa shape index (κ1) is 15.6. The van der Waals surface area contributed by atoms with E-state index in [4.69, 9.17) is 5.11 Å². The van der Waals surface area contributed by atoms with Gasteiger partial charge in [0.1, 0.15) is 0 Å². The Morgan fingerprint density at radius 3 is 2.90 bits per heavy atom. The summed E-state index contributed by atoms with van der Waals surface area (Å²) >= 11 is 1.93. The lowest BCUT2D eigenvalue weighted by molar-refractivity contribution is -0.131. The number of thioether (sulfide) groups is 1. The molecule has 1 aromatic rings. The highest BCUT2D eigenvalue weighted by molar-refractivity contribution is 7.99. The summed E-state index contributed by atoms with van der Waals surface area (Å²) < 4.78 is 0. The molecule has 0 aromatic heterocycles. The molecule has 4 nitrogen and oxygen atoms in total. The van der Waals surface area contributed by atoms with Gasteiger partial charge in [-0.1, -0.05) is 6.07 Å². The van der Waals surface area contributed by atoms with E-state index < -0.39 is 5.97 Å². The number of hydrogen-bond donors (Lipinski definition) is 2. The van der Waals surface area contributed by atoms with Crippen molar-refractivity contribution < 1.29 is 14.7 Å². The summed E-state index contributed by atoms with van der Waals surface area (Å²) in [6, 6.07) is 5.29. The summed E-state index contributed by atoms with van der Waals surface area (Å²) in [5.41, 5.74) is 2.31. The third-order valence-corrected chi connectivity index (χ3v) is 4.74. The molecule has 1 saturated heterocycles. The monoisotopic (exact) mass is 305 g/mol. The third-order valence-electron chi connectivity index (χ3n) is 3.51. The quantitative estimate of drug-likeness (QED) is 0.821. The predicted molar refractivity (Wildman–Crippen MR) is 85.6 cm³/mol. The molecule has 0 aliphatic carbocycles. The van der Waals surface area contributed by atoms with E-state index in [9.17, 15) is 9.59 Å². The number of aryl methyl sites for hydroxylation is 1. The minimum Gasteiger partial charge on any atom is -0.478 e. The Morgan fingerprint density at radius 1 is 1.48 bits per heavy atom. The van der Waals surface area contributed by atoms with Gasteiger partial charge in [0.15, 0.2) is 0 Å². The first-order chi connectivity index (χ1) is 10.1. The Balaban J connectivity index is 1.98. The number of rotatable bonds is 5. The van der Waals surface area contributed by atoms with Crippen LogP contribution in [0.4, 0.5) is 0 Å². The van der Waals surface area contributed by atoms with Crippen molar-refractivity contribution in [2.24, 2.45) is 5.92 Å². The molecule has 2 N–H and O–H groups in total. The van der Waals surface area contributed by atoms with Gasteiger partial charge in [-0.15, -0.1) is 0 Å². The molecular formula is C16H19NO3S. The molecule has 1 amide bonds. The van der Waals surface area contributed by atoms with Gasteiger partial charge in [-0.05, 0) is 60.1 Å². The molecule has 1 aliphatic heterocycles. The average molecular weight is 305 g/mol. The van der Waals surface area contributed by atoms with Gasteiger partial charge < -0.3 is 10.4 Å². The SMILES string of the molecule is Cc1cc(C(=O)NCC2CCSC2)ccc1/C=C/C(=O)O. The summed E-state index contributed by atoms with van der Waals surface area (Å²) in [6.45, 7) is 2.59. The zero-order valence-electron chi connectivity index (χ0n) is 12.0. The standard InChI is InChI=1S/C16H19NO3S/c1-11-8-14(3-2-13(11)4-5-15(18)19)16(20)17-9-12-6-7-21-10-12/h2-5,8,12H,6-7,9-10H2,1H3,(H,17,20)(H,18,19)/b5-4+. The van der Waals surface area contributed by atoms with E-state index in [0.717, 1.165) is 29.5 Å². The van der Waals surface area contributed by atoms with Crippen LogP contribution < -0.4 is 5.32 Å². The van der Waals surface area contributed by atoms with E-state index >= 15 is 0 Å². The van der Waals surface area contributed by atoms with Crippen LogP contribution in [0.5, 0.6) is 0 Å². The van der Waals surface area contributed by atoms with E-state index in [-0.39, 0.29) is 5.91 Å². The molecule has 0 saturated carbocycles. The lowest BCUT2D eigenvalue weighted by Crippen LogP contribution is -2.29. The number of carboxylic acid groups (broad SMARTS) is 1. The highest BCUT2D eigenvalue weighted by Crippen LogP contribution is 2.22. The molecule has 1 aliphatic rings. The van der Waals surface area contributed by atoms with Gasteiger partial charge in [0.25, 0.3) is 5.91 Å². The molecule has 112 valence electrons. The Hall–Kier alpha value is -1.75. The normalized spacial score (nSPS) is 18.0. The summed E-state index contributed by atoms with van der Waals surface area (Å²) in [5.74, 6) is 1.84. The average Bonchev–Trinajstić information content (AvgIpc) is 2.96. The summed E-state index contributed by atoms with van der Waals surface area (Å²) in [6.07, 6.45) is 3.80. The predicted octanol–water partition coefficient (Wildman–Crippen LogP) is 2.58. The topological polar surface area (TPSA) is 66.4 Å². The Morgan fingerprint density at radius 2 is 2.29 bits per heavy atom. The van der Waals surface area contributed by atoms with E-state index in [0.29, 0.717) is 11.5 Å². The molecule has 1 heterocycles. The fourth-order valence-corrected chi connectivity index (χ4v) is 3.53. The number of aliphatic carboxylic acids is 1. The summed E-state index contributed by atoms with van der Waals surface area (Å²) in [4.78, 5) is 22.6. The van der Waals surface area contributed by atoms with Crippen molar-refractivity contribution in [2.75, 3.05) is 18.1 Å². The van der Waals surface area contributed by atoms with E-state index in [1.165, 1.54) is 18.2 Å². The fourth-order valence-electron chi connectivity index (χ4n) is 2.25. The molecule has 5 heteroatoms. The highest BCUT2D eigenvalue weighted by atomic mass is 32.2. The maximum Gasteiger partial charge on any atom is 0.328 e. The van der Waals surface area contributed by atoms with Gasteiger partial charge in [0.05, 0.1) is 0 Å². The van der Waals surface area contributed by atoms with Gasteiger partial charge in [0, 0.05) is 18.2 Å². The molecule has 1 aromatic carbocycles. The van der Waals surface area contributed by atoms with E-state index in [2.05, 4.69) is 5.32 Å². The number of nitrogens with one attached hydrogen (secondary N) is 1. The number of carbonyl (C=O) groups excluding carboxylic acids is 1. The molecule has 21 heavy (non-hydrogen) atoms. The second-order valence-corrected chi connectivity index (χ2v) is 6.33. The first-order valence-electron chi connectivity index (χ1n) is 6.94. The molecular weight excluding hydrogens is 286 g/mol. The molecule has 1 atom stereocenters. The third kappa shape index (κ3) is 4.63. The lowest BCUT2D eigenvalue weighted by atomic mass is 10.0. The number of carboxylic acids is 1. The lowest BCUT2D eigenvalue weighted by Gasteiger charge is -2.11. The Bertz CT molecular complexity index is 563. The molecule has 0 spiro atoms. The van der Waals surface area contributed by atoms with Crippen LogP contribution >= 0.6 is 11.8 Å².